The lowest BCUT2D eigenvalue weighted by Crippen LogP contribution is -2.28. The monoisotopic (exact) mass is 349 g/mol. The van der Waals surface area contributed by atoms with Crippen LogP contribution in [0.1, 0.15) is 29.1 Å². The van der Waals surface area contributed by atoms with Gasteiger partial charge in [0, 0.05) is 29.7 Å². The largest absolute Gasteiger partial charge is 0.459 e. The number of para-hydroxylation sites is 1. The van der Waals surface area contributed by atoms with Crippen LogP contribution >= 0.6 is 0 Å². The highest BCUT2D eigenvalue weighted by molar-refractivity contribution is 5.97. The first-order valence-corrected chi connectivity index (χ1v) is 8.56. The second kappa shape index (κ2) is 6.55. The smallest absolute Gasteiger partial charge is 0.321 e. The molecule has 0 radical (unpaired) electrons. The van der Waals surface area contributed by atoms with Gasteiger partial charge < -0.3 is 15.1 Å². The van der Waals surface area contributed by atoms with E-state index in [0.29, 0.717) is 24.4 Å². The third-order valence-electron chi connectivity index (χ3n) is 4.52. The predicted octanol–water partition coefficient (Wildman–Crippen LogP) is 3.45. The fourth-order valence-corrected chi connectivity index (χ4v) is 3.08. The van der Waals surface area contributed by atoms with Gasteiger partial charge in [0.05, 0.1) is 6.04 Å². The fourth-order valence-electron chi connectivity index (χ4n) is 3.08. The lowest BCUT2D eigenvalue weighted by atomic mass is 10.1. The molecule has 6 heteroatoms. The highest BCUT2D eigenvalue weighted by Gasteiger charge is 2.21. The van der Waals surface area contributed by atoms with Gasteiger partial charge in [-0.3, -0.25) is 9.69 Å². The van der Waals surface area contributed by atoms with Gasteiger partial charge in [-0.05, 0) is 43.3 Å². The Labute approximate surface area is 150 Å². The maximum Gasteiger partial charge on any atom is 0.321 e. The molecular formula is C20H19N3O3. The maximum absolute atomic E-state index is 12.5. The summed E-state index contributed by atoms with van der Waals surface area (Å²) in [5.41, 5.74) is 2.12. The highest BCUT2D eigenvalue weighted by Crippen LogP contribution is 2.24. The van der Waals surface area contributed by atoms with Crippen molar-refractivity contribution in [2.45, 2.75) is 13.0 Å². The van der Waals surface area contributed by atoms with E-state index < -0.39 is 0 Å². The first-order valence-electron chi connectivity index (χ1n) is 8.56. The number of amides is 3. The van der Waals surface area contributed by atoms with Crippen LogP contribution in [0.2, 0.25) is 0 Å². The van der Waals surface area contributed by atoms with E-state index in [-0.39, 0.29) is 18.0 Å². The van der Waals surface area contributed by atoms with Gasteiger partial charge in [0.15, 0.2) is 0 Å². The Hall–Kier alpha value is -3.28. The van der Waals surface area contributed by atoms with Crippen molar-refractivity contribution in [2.75, 3.05) is 18.0 Å². The number of rotatable bonds is 4. The van der Waals surface area contributed by atoms with Crippen LogP contribution < -0.4 is 15.5 Å². The molecule has 1 aliphatic rings. The van der Waals surface area contributed by atoms with Crippen molar-refractivity contribution in [3.63, 3.8) is 0 Å². The molecule has 2 aromatic carbocycles. The summed E-state index contributed by atoms with van der Waals surface area (Å²) in [6.07, 6.45) is 0. The fraction of sp³-hybridized carbons (Fsp3) is 0.200. The third kappa shape index (κ3) is 3.01. The average molecular weight is 349 g/mol. The van der Waals surface area contributed by atoms with Crippen LogP contribution in [0.5, 0.6) is 0 Å². The van der Waals surface area contributed by atoms with Gasteiger partial charge in [-0.1, -0.05) is 18.2 Å². The molecule has 2 heterocycles. The SMILES string of the molecule is CC(NC(=O)c1ccc(N2CCNC2=O)cc1)c1cc2ccccc2o1. The normalized spacial score (nSPS) is 15.1. The molecular weight excluding hydrogens is 330 g/mol. The molecule has 1 atom stereocenters. The van der Waals surface area contributed by atoms with E-state index in [4.69, 9.17) is 4.42 Å². The van der Waals surface area contributed by atoms with Crippen LogP contribution in [-0.4, -0.2) is 25.0 Å². The van der Waals surface area contributed by atoms with Crippen LogP contribution in [0.3, 0.4) is 0 Å². The van der Waals surface area contributed by atoms with Crippen LogP contribution in [-0.2, 0) is 0 Å². The zero-order chi connectivity index (χ0) is 18.1. The van der Waals surface area contributed by atoms with Crippen molar-refractivity contribution in [1.82, 2.24) is 10.6 Å². The van der Waals surface area contributed by atoms with E-state index in [0.717, 1.165) is 16.7 Å². The summed E-state index contributed by atoms with van der Waals surface area (Å²) in [7, 11) is 0. The number of carbonyl (C=O) groups excluding carboxylic acids is 2. The summed E-state index contributed by atoms with van der Waals surface area (Å²) in [6.45, 7) is 3.15. The van der Waals surface area contributed by atoms with Crippen molar-refractivity contribution < 1.29 is 14.0 Å². The third-order valence-corrected chi connectivity index (χ3v) is 4.52. The van der Waals surface area contributed by atoms with Crippen molar-refractivity contribution in [3.8, 4) is 0 Å². The van der Waals surface area contributed by atoms with E-state index in [1.165, 1.54) is 0 Å². The summed E-state index contributed by atoms with van der Waals surface area (Å²) in [6, 6.07) is 16.3. The summed E-state index contributed by atoms with van der Waals surface area (Å²) in [5.74, 6) is 0.528. The molecule has 6 nitrogen and oxygen atoms in total. The number of hydrogen-bond acceptors (Lipinski definition) is 3. The van der Waals surface area contributed by atoms with E-state index >= 15 is 0 Å². The van der Waals surface area contributed by atoms with Gasteiger partial charge >= 0.3 is 6.03 Å². The van der Waals surface area contributed by atoms with E-state index in [1.54, 1.807) is 29.2 Å². The van der Waals surface area contributed by atoms with Crippen molar-refractivity contribution in [1.29, 1.82) is 0 Å². The second-order valence-electron chi connectivity index (χ2n) is 6.31. The number of fused-ring (bicyclic) bond motifs is 1. The highest BCUT2D eigenvalue weighted by atomic mass is 16.3. The first kappa shape index (κ1) is 16.2. The molecule has 1 fully saturated rings. The standard InChI is InChI=1S/C20H19N3O3/c1-13(18-12-15-4-2-3-5-17(15)26-18)22-19(24)14-6-8-16(9-7-14)23-11-10-21-20(23)25/h2-9,12-13H,10-11H2,1H3,(H,21,25)(H,22,24). The van der Waals surface area contributed by atoms with Crippen molar-refractivity contribution in [2.24, 2.45) is 0 Å². The molecule has 0 aliphatic carbocycles. The quantitative estimate of drug-likeness (QED) is 0.757. The minimum atomic E-state index is -0.251. The van der Waals surface area contributed by atoms with Crippen LogP contribution in [0.4, 0.5) is 10.5 Å². The molecule has 0 spiro atoms. The van der Waals surface area contributed by atoms with Gasteiger partial charge in [0.1, 0.15) is 11.3 Å². The number of nitrogens with one attached hydrogen (secondary N) is 2. The zero-order valence-corrected chi connectivity index (χ0v) is 14.4. The lowest BCUT2D eigenvalue weighted by Gasteiger charge is -2.15. The maximum atomic E-state index is 12.5. The Bertz CT molecular complexity index is 929. The van der Waals surface area contributed by atoms with Gasteiger partial charge in [-0.15, -0.1) is 0 Å². The van der Waals surface area contributed by atoms with Crippen LogP contribution in [0.15, 0.2) is 59.0 Å². The Morgan fingerprint density at radius 2 is 1.96 bits per heavy atom. The number of urea groups is 1. The number of benzene rings is 2. The topological polar surface area (TPSA) is 74.6 Å². The minimum Gasteiger partial charge on any atom is -0.459 e. The Kier molecular flexibility index (Phi) is 4.08. The Morgan fingerprint density at radius 3 is 2.65 bits per heavy atom. The second-order valence-corrected chi connectivity index (χ2v) is 6.31. The summed E-state index contributed by atoms with van der Waals surface area (Å²) >= 11 is 0. The van der Waals surface area contributed by atoms with E-state index in [9.17, 15) is 9.59 Å². The molecule has 0 bridgehead atoms. The Morgan fingerprint density at radius 1 is 1.19 bits per heavy atom. The molecule has 2 N–H and O–H groups in total. The van der Waals surface area contributed by atoms with E-state index in [1.807, 2.05) is 37.3 Å². The summed E-state index contributed by atoms with van der Waals surface area (Å²) in [5, 5.41) is 6.71. The molecule has 0 saturated carbocycles. The minimum absolute atomic E-state index is 0.110. The molecule has 4 rings (SSSR count). The van der Waals surface area contributed by atoms with Crippen molar-refractivity contribution >= 4 is 28.6 Å². The lowest BCUT2D eigenvalue weighted by molar-refractivity contribution is 0.0935. The Balaban J connectivity index is 1.46. The number of furan rings is 1. The predicted molar refractivity (Wildman–Crippen MR) is 99.3 cm³/mol. The summed E-state index contributed by atoms with van der Waals surface area (Å²) < 4.78 is 5.80. The van der Waals surface area contributed by atoms with Gasteiger partial charge in [-0.2, -0.15) is 0 Å². The number of anilines is 1. The average Bonchev–Trinajstić information content (AvgIpc) is 3.27. The van der Waals surface area contributed by atoms with Gasteiger partial charge in [-0.25, -0.2) is 4.79 Å². The molecule has 3 amide bonds. The molecule has 1 aliphatic heterocycles. The van der Waals surface area contributed by atoms with Crippen molar-refractivity contribution in [3.05, 3.63) is 65.9 Å². The molecule has 3 aromatic rings. The van der Waals surface area contributed by atoms with Gasteiger partial charge in [0.2, 0.25) is 0 Å². The molecule has 1 unspecified atom stereocenters. The molecule has 1 aromatic heterocycles. The number of nitrogens with zero attached hydrogens (tertiary/aromatic N) is 1. The zero-order valence-electron chi connectivity index (χ0n) is 14.4. The van der Waals surface area contributed by atoms with Crippen LogP contribution in [0.25, 0.3) is 11.0 Å². The number of carbonyl (C=O) groups is 2. The molecule has 26 heavy (non-hydrogen) atoms. The van der Waals surface area contributed by atoms with Gasteiger partial charge in [0.25, 0.3) is 5.91 Å². The van der Waals surface area contributed by atoms with Crippen LogP contribution in [0, 0.1) is 0 Å². The van der Waals surface area contributed by atoms with E-state index in [2.05, 4.69) is 10.6 Å². The molecule has 1 saturated heterocycles. The number of hydrogen-bond donors (Lipinski definition) is 2. The first-order chi connectivity index (χ1) is 12.6. The summed E-state index contributed by atoms with van der Waals surface area (Å²) in [4.78, 5) is 25.8. The molecule has 132 valence electrons.